The Labute approximate surface area is 139 Å². The molecule has 0 saturated heterocycles. The van der Waals surface area contributed by atoms with E-state index < -0.39 is 11.9 Å². The van der Waals surface area contributed by atoms with Crippen molar-refractivity contribution in [3.8, 4) is 0 Å². The first-order valence-corrected chi connectivity index (χ1v) is 9.10. The highest BCUT2D eigenvalue weighted by molar-refractivity contribution is 6.15. The minimum atomic E-state index is -0.489. The van der Waals surface area contributed by atoms with Crippen molar-refractivity contribution in [3.63, 3.8) is 0 Å². The van der Waals surface area contributed by atoms with Crippen LogP contribution in [-0.2, 0) is 17.6 Å². The normalized spacial score (nSPS) is 13.3. The number of benzene rings is 1. The quantitative estimate of drug-likeness (QED) is 0.337. The van der Waals surface area contributed by atoms with Crippen LogP contribution >= 0.6 is 0 Å². The fourth-order valence-electron chi connectivity index (χ4n) is 3.27. The van der Waals surface area contributed by atoms with Crippen LogP contribution in [0.3, 0.4) is 0 Å². The molecular weight excluding hydrogens is 288 g/mol. The van der Waals surface area contributed by atoms with Crippen molar-refractivity contribution in [2.24, 2.45) is 0 Å². The van der Waals surface area contributed by atoms with E-state index in [1.807, 2.05) is 6.07 Å². The first-order valence-electron chi connectivity index (χ1n) is 9.10. The monoisotopic (exact) mass is 316 g/mol. The lowest BCUT2D eigenvalue weighted by molar-refractivity contribution is 0.0443. The van der Waals surface area contributed by atoms with Gasteiger partial charge in [-0.1, -0.05) is 58.4 Å². The van der Waals surface area contributed by atoms with Gasteiger partial charge >= 0.3 is 11.9 Å². The predicted molar refractivity (Wildman–Crippen MR) is 91.9 cm³/mol. The minimum absolute atomic E-state index is 0.453. The standard InChI is InChI=1S/C20H28O3/c1-3-5-7-9-11-15-13-14-17-18(20(22)23-19(17)21)16(15)12-10-8-6-4-2/h13-14H,3-12H2,1-2H3. The second-order valence-electron chi connectivity index (χ2n) is 6.42. The van der Waals surface area contributed by atoms with Gasteiger partial charge in [-0.2, -0.15) is 0 Å². The molecule has 0 spiro atoms. The molecule has 0 atom stereocenters. The lowest BCUT2D eigenvalue weighted by Crippen LogP contribution is -2.05. The van der Waals surface area contributed by atoms with Crippen LogP contribution in [0, 0.1) is 0 Å². The number of ether oxygens (including phenoxy) is 1. The largest absolute Gasteiger partial charge is 0.386 e. The first-order chi connectivity index (χ1) is 11.2. The molecule has 23 heavy (non-hydrogen) atoms. The summed E-state index contributed by atoms with van der Waals surface area (Å²) in [4.78, 5) is 23.8. The molecule has 1 aromatic carbocycles. The zero-order valence-electron chi connectivity index (χ0n) is 14.5. The van der Waals surface area contributed by atoms with Crippen LogP contribution in [0.1, 0.15) is 97.1 Å². The summed E-state index contributed by atoms with van der Waals surface area (Å²) in [6, 6.07) is 3.80. The molecule has 1 heterocycles. The Morgan fingerprint density at radius 3 is 2.09 bits per heavy atom. The lowest BCUT2D eigenvalue weighted by atomic mass is 9.90. The van der Waals surface area contributed by atoms with Gasteiger partial charge in [0.05, 0.1) is 11.1 Å². The van der Waals surface area contributed by atoms with Gasteiger partial charge in [0.25, 0.3) is 0 Å². The van der Waals surface area contributed by atoms with Crippen molar-refractivity contribution in [2.75, 3.05) is 0 Å². The Kier molecular flexibility index (Phi) is 6.82. The van der Waals surface area contributed by atoms with E-state index >= 15 is 0 Å². The van der Waals surface area contributed by atoms with E-state index in [4.69, 9.17) is 4.74 Å². The average molecular weight is 316 g/mol. The summed E-state index contributed by atoms with van der Waals surface area (Å²) >= 11 is 0. The molecule has 2 rings (SSSR count). The molecule has 0 fully saturated rings. The van der Waals surface area contributed by atoms with Crippen molar-refractivity contribution >= 4 is 11.9 Å². The molecule has 0 amide bonds. The Morgan fingerprint density at radius 2 is 1.43 bits per heavy atom. The second-order valence-corrected chi connectivity index (χ2v) is 6.42. The zero-order valence-corrected chi connectivity index (χ0v) is 14.5. The van der Waals surface area contributed by atoms with E-state index in [9.17, 15) is 9.59 Å². The van der Waals surface area contributed by atoms with E-state index in [0.29, 0.717) is 11.1 Å². The van der Waals surface area contributed by atoms with Crippen molar-refractivity contribution in [1.82, 2.24) is 0 Å². The van der Waals surface area contributed by atoms with Gasteiger partial charge in [0.15, 0.2) is 0 Å². The van der Waals surface area contributed by atoms with Crippen molar-refractivity contribution in [1.29, 1.82) is 0 Å². The molecule has 0 aliphatic carbocycles. The summed E-state index contributed by atoms with van der Waals surface area (Å²) in [5.74, 6) is -0.941. The van der Waals surface area contributed by atoms with Gasteiger partial charge in [-0.25, -0.2) is 9.59 Å². The molecule has 1 aliphatic heterocycles. The molecule has 0 N–H and O–H groups in total. The number of carbonyl (C=O) groups excluding carboxylic acids is 2. The fourth-order valence-corrected chi connectivity index (χ4v) is 3.27. The van der Waals surface area contributed by atoms with Gasteiger partial charge in [0, 0.05) is 0 Å². The zero-order chi connectivity index (χ0) is 16.7. The summed E-state index contributed by atoms with van der Waals surface area (Å²) in [6.07, 6.45) is 11.3. The van der Waals surface area contributed by atoms with Crippen molar-refractivity contribution in [3.05, 3.63) is 34.4 Å². The maximum Gasteiger partial charge on any atom is 0.347 e. The van der Waals surface area contributed by atoms with E-state index in [1.54, 1.807) is 6.07 Å². The summed E-state index contributed by atoms with van der Waals surface area (Å²) in [6.45, 7) is 4.39. The third-order valence-electron chi connectivity index (χ3n) is 4.60. The highest BCUT2D eigenvalue weighted by Crippen LogP contribution is 2.29. The molecule has 0 bridgehead atoms. The van der Waals surface area contributed by atoms with Crippen molar-refractivity contribution < 1.29 is 14.3 Å². The molecule has 3 nitrogen and oxygen atoms in total. The minimum Gasteiger partial charge on any atom is -0.386 e. The van der Waals surface area contributed by atoms with Gasteiger partial charge in [0.1, 0.15) is 0 Å². The number of esters is 2. The van der Waals surface area contributed by atoms with E-state index in [1.165, 1.54) is 44.1 Å². The number of hydrogen-bond acceptors (Lipinski definition) is 3. The van der Waals surface area contributed by atoms with E-state index in [0.717, 1.165) is 31.2 Å². The van der Waals surface area contributed by atoms with Gasteiger partial charge in [0.2, 0.25) is 0 Å². The Bertz CT molecular complexity index is 560. The number of cyclic esters (lactones) is 2. The van der Waals surface area contributed by atoms with Gasteiger partial charge in [-0.15, -0.1) is 0 Å². The maximum absolute atomic E-state index is 12.1. The number of fused-ring (bicyclic) bond motifs is 1. The molecule has 1 aliphatic rings. The van der Waals surface area contributed by atoms with Crippen LogP contribution in [0.2, 0.25) is 0 Å². The Hall–Kier alpha value is -1.64. The molecule has 0 aromatic heterocycles. The Balaban J connectivity index is 2.18. The van der Waals surface area contributed by atoms with Crippen LogP contribution in [0.5, 0.6) is 0 Å². The maximum atomic E-state index is 12.1. The van der Waals surface area contributed by atoms with Crippen LogP contribution in [-0.4, -0.2) is 11.9 Å². The predicted octanol–water partition coefficient (Wildman–Crippen LogP) is 5.24. The number of carbonyl (C=O) groups is 2. The molecule has 0 radical (unpaired) electrons. The number of unbranched alkanes of at least 4 members (excludes halogenated alkanes) is 6. The summed E-state index contributed by atoms with van der Waals surface area (Å²) in [5.41, 5.74) is 3.28. The highest BCUT2D eigenvalue weighted by Gasteiger charge is 2.32. The molecule has 1 aromatic rings. The summed E-state index contributed by atoms with van der Waals surface area (Å²) in [7, 11) is 0. The number of hydrogen-bond donors (Lipinski definition) is 0. The fraction of sp³-hybridized carbons (Fsp3) is 0.600. The van der Waals surface area contributed by atoms with Crippen LogP contribution in [0.15, 0.2) is 12.1 Å². The Morgan fingerprint density at radius 1 is 0.783 bits per heavy atom. The van der Waals surface area contributed by atoms with Crippen LogP contribution < -0.4 is 0 Å². The third-order valence-corrected chi connectivity index (χ3v) is 4.60. The summed E-state index contributed by atoms with van der Waals surface area (Å²) < 4.78 is 4.82. The van der Waals surface area contributed by atoms with Crippen LogP contribution in [0.25, 0.3) is 0 Å². The first kappa shape index (κ1) is 17.7. The van der Waals surface area contributed by atoms with Gasteiger partial charge in [-0.3, -0.25) is 0 Å². The molecule has 0 saturated carbocycles. The molecular formula is C20H28O3. The second kappa shape index (κ2) is 8.85. The van der Waals surface area contributed by atoms with E-state index in [-0.39, 0.29) is 0 Å². The lowest BCUT2D eigenvalue weighted by Gasteiger charge is -2.12. The highest BCUT2D eigenvalue weighted by atomic mass is 16.6. The number of rotatable bonds is 10. The molecule has 3 heteroatoms. The van der Waals surface area contributed by atoms with Crippen molar-refractivity contribution in [2.45, 2.75) is 78.1 Å². The average Bonchev–Trinajstić information content (AvgIpc) is 2.83. The SMILES string of the molecule is CCCCCCc1ccc2c(c1CCCCCC)C(=O)OC2=O. The van der Waals surface area contributed by atoms with Gasteiger partial charge < -0.3 is 4.74 Å². The topological polar surface area (TPSA) is 43.4 Å². The smallest absolute Gasteiger partial charge is 0.347 e. The number of aryl methyl sites for hydroxylation is 1. The van der Waals surface area contributed by atoms with Crippen LogP contribution in [0.4, 0.5) is 0 Å². The summed E-state index contributed by atoms with van der Waals surface area (Å²) in [5, 5.41) is 0. The molecule has 0 unspecified atom stereocenters. The van der Waals surface area contributed by atoms with Gasteiger partial charge in [-0.05, 0) is 42.9 Å². The van der Waals surface area contributed by atoms with E-state index in [2.05, 4.69) is 13.8 Å². The third kappa shape index (κ3) is 4.43. The molecule has 126 valence electrons.